The van der Waals surface area contributed by atoms with E-state index < -0.39 is 5.82 Å². The zero-order chi connectivity index (χ0) is 13.5. The Morgan fingerprint density at radius 3 is 2.95 bits per heavy atom. The van der Waals surface area contributed by atoms with Crippen molar-refractivity contribution in [2.45, 2.75) is 0 Å². The van der Waals surface area contributed by atoms with Gasteiger partial charge in [0.1, 0.15) is 12.1 Å². The van der Waals surface area contributed by atoms with Gasteiger partial charge in [0.25, 0.3) is 0 Å². The molecule has 0 unspecified atom stereocenters. The Morgan fingerprint density at radius 1 is 1.15 bits per heavy atom. The highest BCUT2D eigenvalue weighted by Crippen LogP contribution is 2.23. The molecule has 0 bridgehead atoms. The maximum Gasteiger partial charge on any atom is 0.244 e. The van der Waals surface area contributed by atoms with E-state index in [0.717, 1.165) is 0 Å². The predicted octanol–water partition coefficient (Wildman–Crippen LogP) is 1.54. The third kappa shape index (κ3) is 1.49. The highest BCUT2D eigenvalue weighted by Gasteiger charge is 2.15. The summed E-state index contributed by atoms with van der Waals surface area (Å²) >= 11 is 0. The first-order valence-corrected chi connectivity index (χ1v) is 5.66. The summed E-state index contributed by atoms with van der Waals surface area (Å²) < 4.78 is 19.9. The van der Waals surface area contributed by atoms with Gasteiger partial charge in [-0.1, -0.05) is 12.1 Å². The van der Waals surface area contributed by atoms with Crippen molar-refractivity contribution >= 4 is 28.4 Å². The molecule has 0 saturated carbocycles. The van der Waals surface area contributed by atoms with Gasteiger partial charge >= 0.3 is 0 Å². The number of halogens is 1. The van der Waals surface area contributed by atoms with Gasteiger partial charge < -0.3 is 5.32 Å². The largest absolute Gasteiger partial charge is 0.335 e. The lowest BCUT2D eigenvalue weighted by atomic mass is 10.3. The molecule has 0 aliphatic heterocycles. The number of hydrogen-bond donors (Lipinski definition) is 1. The number of hydrogen-bond acceptors (Lipinski definition) is 7. The van der Waals surface area contributed by atoms with Crippen LogP contribution in [-0.2, 0) is 0 Å². The SMILES string of the molecule is Fc1ccccc1Nc1nc2nonc2n2cnnc12. The molecule has 0 amide bonds. The lowest BCUT2D eigenvalue weighted by Gasteiger charge is -2.06. The van der Waals surface area contributed by atoms with Gasteiger partial charge in [-0.3, -0.25) is 4.40 Å². The molecule has 3 heterocycles. The molecule has 1 aromatic carbocycles. The smallest absolute Gasteiger partial charge is 0.244 e. The summed E-state index contributed by atoms with van der Waals surface area (Å²) in [7, 11) is 0. The summed E-state index contributed by atoms with van der Waals surface area (Å²) in [4.78, 5) is 4.20. The van der Waals surface area contributed by atoms with Crippen molar-refractivity contribution < 1.29 is 9.02 Å². The third-order valence-corrected chi connectivity index (χ3v) is 2.79. The van der Waals surface area contributed by atoms with E-state index in [9.17, 15) is 4.39 Å². The molecule has 0 aliphatic carbocycles. The second-order valence-electron chi connectivity index (χ2n) is 4.00. The van der Waals surface area contributed by atoms with Gasteiger partial charge in [-0.05, 0) is 22.4 Å². The normalized spacial score (nSPS) is 11.2. The minimum Gasteiger partial charge on any atom is -0.335 e. The Hall–Kier alpha value is -3.10. The van der Waals surface area contributed by atoms with E-state index in [1.807, 2.05) is 0 Å². The number of anilines is 2. The van der Waals surface area contributed by atoms with Crippen LogP contribution in [0.15, 0.2) is 35.2 Å². The molecule has 0 atom stereocenters. The van der Waals surface area contributed by atoms with Gasteiger partial charge in [-0.15, -0.1) is 10.2 Å². The minimum absolute atomic E-state index is 0.274. The fourth-order valence-corrected chi connectivity index (χ4v) is 1.88. The third-order valence-electron chi connectivity index (χ3n) is 2.79. The molecule has 0 fully saturated rings. The Balaban J connectivity index is 1.93. The maximum absolute atomic E-state index is 13.7. The molecule has 9 heteroatoms. The van der Waals surface area contributed by atoms with Crippen molar-refractivity contribution in [2.75, 3.05) is 5.32 Å². The van der Waals surface area contributed by atoms with Crippen LogP contribution in [0.1, 0.15) is 0 Å². The molecule has 0 aliphatic rings. The quantitative estimate of drug-likeness (QED) is 0.591. The Labute approximate surface area is 110 Å². The van der Waals surface area contributed by atoms with E-state index in [4.69, 9.17) is 0 Å². The summed E-state index contributed by atoms with van der Waals surface area (Å²) in [6, 6.07) is 6.25. The van der Waals surface area contributed by atoms with Crippen molar-refractivity contribution in [3.8, 4) is 0 Å². The fraction of sp³-hybridized carbons (Fsp3) is 0. The summed E-state index contributed by atoms with van der Waals surface area (Å²) in [5, 5.41) is 18.0. The number of nitrogens with zero attached hydrogens (tertiary/aromatic N) is 6. The van der Waals surface area contributed by atoms with E-state index in [1.165, 1.54) is 12.4 Å². The first kappa shape index (κ1) is 10.8. The van der Waals surface area contributed by atoms with E-state index in [-0.39, 0.29) is 11.3 Å². The second-order valence-corrected chi connectivity index (χ2v) is 4.00. The average molecular weight is 271 g/mol. The first-order valence-electron chi connectivity index (χ1n) is 5.66. The van der Waals surface area contributed by atoms with Crippen LogP contribution in [0.3, 0.4) is 0 Å². The molecule has 0 spiro atoms. The first-order chi connectivity index (χ1) is 9.83. The molecular weight excluding hydrogens is 265 g/mol. The second kappa shape index (κ2) is 3.95. The predicted molar refractivity (Wildman–Crippen MR) is 65.8 cm³/mol. The van der Waals surface area contributed by atoms with Gasteiger partial charge in [0.2, 0.25) is 16.9 Å². The Kier molecular flexibility index (Phi) is 2.13. The van der Waals surface area contributed by atoms with E-state index in [0.29, 0.717) is 17.1 Å². The molecule has 8 nitrogen and oxygen atoms in total. The van der Waals surface area contributed by atoms with Gasteiger partial charge in [0.15, 0.2) is 5.82 Å². The van der Waals surface area contributed by atoms with Crippen molar-refractivity contribution in [2.24, 2.45) is 0 Å². The molecule has 0 saturated heterocycles. The van der Waals surface area contributed by atoms with Crippen molar-refractivity contribution in [3.63, 3.8) is 0 Å². The fourth-order valence-electron chi connectivity index (χ4n) is 1.88. The summed E-state index contributed by atoms with van der Waals surface area (Å²) in [5.41, 5.74) is 1.34. The zero-order valence-electron chi connectivity index (χ0n) is 9.86. The van der Waals surface area contributed by atoms with Crippen molar-refractivity contribution in [1.29, 1.82) is 0 Å². The summed E-state index contributed by atoms with van der Waals surface area (Å²) in [6.07, 6.45) is 1.45. The highest BCUT2D eigenvalue weighted by atomic mass is 19.1. The van der Waals surface area contributed by atoms with Crippen LogP contribution in [0.4, 0.5) is 15.9 Å². The molecule has 3 aromatic heterocycles. The van der Waals surface area contributed by atoms with Gasteiger partial charge in [0.05, 0.1) is 5.69 Å². The molecule has 1 N–H and O–H groups in total. The monoisotopic (exact) mass is 271 g/mol. The zero-order valence-corrected chi connectivity index (χ0v) is 9.86. The standard InChI is InChI=1S/C11H6FN7O/c12-6-3-1-2-4-7(6)14-8-10-16-13-5-19(10)11-9(15-8)17-20-18-11/h1-5H,(H,14,15,17). The average Bonchev–Trinajstić information content (AvgIpc) is 3.08. The van der Waals surface area contributed by atoms with Crippen LogP contribution in [0.25, 0.3) is 16.9 Å². The van der Waals surface area contributed by atoms with Crippen LogP contribution in [0, 0.1) is 5.82 Å². The van der Waals surface area contributed by atoms with Crippen LogP contribution in [-0.4, -0.2) is 29.9 Å². The van der Waals surface area contributed by atoms with Crippen LogP contribution < -0.4 is 5.32 Å². The Bertz CT molecular complexity index is 915. The van der Waals surface area contributed by atoms with Gasteiger partial charge in [0, 0.05) is 0 Å². The molecule has 20 heavy (non-hydrogen) atoms. The van der Waals surface area contributed by atoms with Crippen LogP contribution >= 0.6 is 0 Å². The number of para-hydroxylation sites is 1. The summed E-state index contributed by atoms with van der Waals surface area (Å²) in [5.74, 6) is -0.0823. The van der Waals surface area contributed by atoms with E-state index in [2.05, 4.69) is 35.4 Å². The van der Waals surface area contributed by atoms with E-state index >= 15 is 0 Å². The molecule has 4 aromatic rings. The lowest BCUT2D eigenvalue weighted by molar-refractivity contribution is 0.314. The maximum atomic E-state index is 13.7. The molecular formula is C11H6FN7O. The van der Waals surface area contributed by atoms with Crippen LogP contribution in [0.2, 0.25) is 0 Å². The summed E-state index contributed by atoms with van der Waals surface area (Å²) in [6.45, 7) is 0. The number of fused-ring (bicyclic) bond motifs is 3. The van der Waals surface area contributed by atoms with Gasteiger partial charge in [-0.2, -0.15) is 0 Å². The lowest BCUT2D eigenvalue weighted by Crippen LogP contribution is -2.01. The number of aromatic nitrogens is 6. The van der Waals surface area contributed by atoms with E-state index in [1.54, 1.807) is 22.6 Å². The number of benzene rings is 1. The molecule has 0 radical (unpaired) electrons. The number of rotatable bonds is 2. The van der Waals surface area contributed by atoms with Crippen LogP contribution in [0.5, 0.6) is 0 Å². The highest BCUT2D eigenvalue weighted by molar-refractivity contribution is 5.78. The van der Waals surface area contributed by atoms with Crippen molar-refractivity contribution in [3.05, 3.63) is 36.4 Å². The van der Waals surface area contributed by atoms with Crippen molar-refractivity contribution in [1.82, 2.24) is 29.9 Å². The molecule has 98 valence electrons. The topological polar surface area (TPSA) is 94.0 Å². The minimum atomic E-state index is -0.398. The molecule has 4 rings (SSSR count). The number of nitrogens with one attached hydrogen (secondary N) is 1. The Morgan fingerprint density at radius 2 is 2.05 bits per heavy atom. The van der Waals surface area contributed by atoms with Gasteiger partial charge in [-0.25, -0.2) is 14.0 Å².